The van der Waals surface area contributed by atoms with Gasteiger partial charge in [-0.25, -0.2) is 0 Å². The summed E-state index contributed by atoms with van der Waals surface area (Å²) in [4.78, 5) is 22.9. The van der Waals surface area contributed by atoms with Crippen molar-refractivity contribution in [3.63, 3.8) is 0 Å². The second kappa shape index (κ2) is 8.34. The molecule has 1 N–H and O–H groups in total. The third-order valence-corrected chi connectivity index (χ3v) is 4.84. The van der Waals surface area contributed by atoms with E-state index < -0.39 is 10.8 Å². The Morgan fingerprint density at radius 2 is 1.93 bits per heavy atom. The zero-order valence-electron chi connectivity index (χ0n) is 13.4. The van der Waals surface area contributed by atoms with Gasteiger partial charge >= 0.3 is 0 Å². The van der Waals surface area contributed by atoms with Gasteiger partial charge in [-0.05, 0) is 36.0 Å². The number of thioether (sulfide) groups is 1. The van der Waals surface area contributed by atoms with Gasteiger partial charge in [-0.3, -0.25) is 20.2 Å². The third kappa shape index (κ3) is 4.73. The van der Waals surface area contributed by atoms with E-state index in [4.69, 9.17) is 23.2 Å². The number of amidine groups is 1. The maximum Gasteiger partial charge on any atom is 0.276 e. The third-order valence-electron chi connectivity index (χ3n) is 3.38. The lowest BCUT2D eigenvalue weighted by Crippen LogP contribution is -2.19. The van der Waals surface area contributed by atoms with Gasteiger partial charge < -0.3 is 0 Å². The average molecular weight is 421 g/mol. The number of para-hydroxylation sites is 1. The highest BCUT2D eigenvalue weighted by atomic mass is 35.5. The summed E-state index contributed by atoms with van der Waals surface area (Å²) in [5.41, 5.74) is 0.868. The van der Waals surface area contributed by atoms with Crippen LogP contribution in [0.2, 0.25) is 10.0 Å². The molecule has 1 heterocycles. The summed E-state index contributed by atoms with van der Waals surface area (Å²) in [6.45, 7) is 0. The van der Waals surface area contributed by atoms with E-state index in [1.807, 2.05) is 0 Å². The SMILES string of the molecule is O=C1N/C(=N\N=Cc2ccc(Cl)cc2Cl)SC1=Cc1ccccc1[N+](=O)[O-]. The van der Waals surface area contributed by atoms with Crippen LogP contribution in [0.4, 0.5) is 5.69 Å². The van der Waals surface area contributed by atoms with Crippen LogP contribution in [-0.2, 0) is 4.79 Å². The van der Waals surface area contributed by atoms with Crippen LogP contribution in [0, 0.1) is 10.1 Å². The molecule has 3 rings (SSSR count). The highest BCUT2D eigenvalue weighted by molar-refractivity contribution is 8.18. The maximum atomic E-state index is 12.1. The van der Waals surface area contributed by atoms with E-state index in [1.165, 1.54) is 18.4 Å². The minimum Gasteiger partial charge on any atom is -0.299 e. The molecule has 0 bridgehead atoms. The van der Waals surface area contributed by atoms with Gasteiger partial charge in [-0.1, -0.05) is 41.4 Å². The van der Waals surface area contributed by atoms with Gasteiger partial charge in [0.05, 0.1) is 26.6 Å². The first-order valence-corrected chi connectivity index (χ1v) is 9.01. The number of hydrogen-bond acceptors (Lipinski definition) is 6. The lowest BCUT2D eigenvalue weighted by Gasteiger charge is -1.97. The largest absolute Gasteiger partial charge is 0.299 e. The molecule has 7 nitrogen and oxygen atoms in total. The van der Waals surface area contributed by atoms with Crippen molar-refractivity contribution in [1.82, 2.24) is 5.32 Å². The molecule has 0 aliphatic carbocycles. The Hall–Kier alpha value is -2.68. The van der Waals surface area contributed by atoms with Gasteiger partial charge in [0.15, 0.2) is 5.17 Å². The van der Waals surface area contributed by atoms with E-state index in [0.29, 0.717) is 21.2 Å². The molecule has 27 heavy (non-hydrogen) atoms. The summed E-state index contributed by atoms with van der Waals surface area (Å²) in [7, 11) is 0. The highest BCUT2D eigenvalue weighted by Crippen LogP contribution is 2.29. The number of nitro groups is 1. The van der Waals surface area contributed by atoms with Gasteiger partial charge in [-0.15, -0.1) is 5.10 Å². The number of halogens is 2. The lowest BCUT2D eigenvalue weighted by molar-refractivity contribution is -0.385. The predicted molar refractivity (Wildman–Crippen MR) is 108 cm³/mol. The quantitative estimate of drug-likeness (QED) is 0.340. The van der Waals surface area contributed by atoms with Gasteiger partial charge in [0.25, 0.3) is 11.6 Å². The van der Waals surface area contributed by atoms with Crippen molar-refractivity contribution >= 4 is 64.0 Å². The van der Waals surface area contributed by atoms with E-state index in [1.54, 1.807) is 36.4 Å². The molecule has 2 aromatic rings. The predicted octanol–water partition coefficient (Wildman–Crippen LogP) is 4.50. The molecular weight excluding hydrogens is 411 g/mol. The average Bonchev–Trinajstić information content (AvgIpc) is 2.96. The maximum absolute atomic E-state index is 12.1. The van der Waals surface area contributed by atoms with E-state index in [0.717, 1.165) is 11.8 Å². The number of benzene rings is 2. The smallest absolute Gasteiger partial charge is 0.276 e. The molecule has 0 spiro atoms. The number of nitro benzene ring substituents is 1. The number of carbonyl (C=O) groups excluding carboxylic acids is 1. The number of nitrogens with one attached hydrogen (secondary N) is 1. The fourth-order valence-corrected chi connectivity index (χ4v) is 3.37. The molecule has 0 unspecified atom stereocenters. The Morgan fingerprint density at radius 3 is 2.67 bits per heavy atom. The standard InChI is InChI=1S/C17H10Cl2N4O3S/c18-12-6-5-11(13(19)8-12)9-20-22-17-21-16(24)15(27-17)7-10-3-1-2-4-14(10)23(25)26/h1-9H,(H,21,22,24). The molecule has 136 valence electrons. The van der Waals surface area contributed by atoms with Crippen molar-refractivity contribution in [3.8, 4) is 0 Å². The number of amides is 1. The van der Waals surface area contributed by atoms with Crippen LogP contribution in [0.3, 0.4) is 0 Å². The fraction of sp³-hybridized carbons (Fsp3) is 0. The first-order chi connectivity index (χ1) is 12.9. The number of nitrogens with zero attached hydrogens (tertiary/aromatic N) is 3. The minimum atomic E-state index is -0.501. The molecule has 0 saturated carbocycles. The van der Waals surface area contributed by atoms with E-state index >= 15 is 0 Å². The van der Waals surface area contributed by atoms with Crippen molar-refractivity contribution in [2.24, 2.45) is 10.2 Å². The molecule has 0 atom stereocenters. The van der Waals surface area contributed by atoms with Crippen LogP contribution < -0.4 is 5.32 Å². The van der Waals surface area contributed by atoms with Gasteiger partial charge in [0.2, 0.25) is 0 Å². The first-order valence-electron chi connectivity index (χ1n) is 7.44. The summed E-state index contributed by atoms with van der Waals surface area (Å²) in [5, 5.41) is 22.6. The van der Waals surface area contributed by atoms with Crippen LogP contribution in [0.15, 0.2) is 57.6 Å². The molecule has 0 radical (unpaired) electrons. The minimum absolute atomic E-state index is 0.0841. The zero-order valence-corrected chi connectivity index (χ0v) is 15.8. The van der Waals surface area contributed by atoms with Gasteiger partial charge in [-0.2, -0.15) is 5.10 Å². The monoisotopic (exact) mass is 420 g/mol. The Bertz CT molecular complexity index is 1020. The number of carbonyl (C=O) groups is 1. The molecule has 1 fully saturated rings. The van der Waals surface area contributed by atoms with Crippen LogP contribution in [-0.4, -0.2) is 22.2 Å². The molecule has 10 heteroatoms. The summed E-state index contributed by atoms with van der Waals surface area (Å²) in [6.07, 6.45) is 2.88. The molecule has 1 aliphatic heterocycles. The molecule has 1 amide bonds. The first kappa shape index (κ1) is 19.1. The van der Waals surface area contributed by atoms with Crippen LogP contribution in [0.5, 0.6) is 0 Å². The lowest BCUT2D eigenvalue weighted by atomic mass is 10.1. The van der Waals surface area contributed by atoms with Crippen LogP contribution in [0.1, 0.15) is 11.1 Å². The van der Waals surface area contributed by atoms with Crippen molar-refractivity contribution in [3.05, 3.63) is 78.7 Å². The fourth-order valence-electron chi connectivity index (χ4n) is 2.14. The Kier molecular flexibility index (Phi) is 5.90. The van der Waals surface area contributed by atoms with E-state index in [9.17, 15) is 14.9 Å². The molecule has 1 aliphatic rings. The van der Waals surface area contributed by atoms with E-state index in [-0.39, 0.29) is 15.8 Å². The zero-order chi connectivity index (χ0) is 19.4. The van der Waals surface area contributed by atoms with E-state index in [2.05, 4.69) is 15.5 Å². The Morgan fingerprint density at radius 1 is 1.15 bits per heavy atom. The van der Waals surface area contributed by atoms with Gasteiger partial charge in [0, 0.05) is 16.7 Å². The van der Waals surface area contributed by atoms with Crippen molar-refractivity contribution in [2.75, 3.05) is 0 Å². The second-order valence-electron chi connectivity index (χ2n) is 5.20. The number of hydrogen-bond donors (Lipinski definition) is 1. The van der Waals surface area contributed by atoms with Crippen molar-refractivity contribution in [2.45, 2.75) is 0 Å². The normalized spacial score (nSPS) is 17.0. The summed E-state index contributed by atoms with van der Waals surface area (Å²) in [6, 6.07) is 11.1. The summed E-state index contributed by atoms with van der Waals surface area (Å²) < 4.78 is 0. The van der Waals surface area contributed by atoms with Crippen molar-refractivity contribution in [1.29, 1.82) is 0 Å². The molecule has 0 aromatic heterocycles. The van der Waals surface area contributed by atoms with Crippen LogP contribution in [0.25, 0.3) is 6.08 Å². The van der Waals surface area contributed by atoms with Crippen molar-refractivity contribution < 1.29 is 9.72 Å². The summed E-state index contributed by atoms with van der Waals surface area (Å²) in [5.74, 6) is -0.406. The Balaban J connectivity index is 1.78. The molecule has 1 saturated heterocycles. The molecular formula is C17H10Cl2N4O3S. The van der Waals surface area contributed by atoms with Crippen LogP contribution >= 0.6 is 35.0 Å². The number of rotatable bonds is 4. The van der Waals surface area contributed by atoms with Gasteiger partial charge in [0.1, 0.15) is 0 Å². The molecule has 2 aromatic carbocycles. The summed E-state index contributed by atoms with van der Waals surface area (Å²) >= 11 is 12.9. The topological polar surface area (TPSA) is 97.0 Å². The Labute approximate surface area is 167 Å². The second-order valence-corrected chi connectivity index (χ2v) is 7.07. The highest BCUT2D eigenvalue weighted by Gasteiger charge is 2.25.